The van der Waals surface area contributed by atoms with E-state index in [0.717, 1.165) is 5.69 Å². The second-order valence-corrected chi connectivity index (χ2v) is 4.48. The second kappa shape index (κ2) is 6.08. The predicted octanol–water partition coefficient (Wildman–Crippen LogP) is 0.703. The Kier molecular flexibility index (Phi) is 4.22. The number of aryl methyl sites for hydroxylation is 1. The van der Waals surface area contributed by atoms with Gasteiger partial charge in [-0.3, -0.25) is 9.78 Å². The van der Waals surface area contributed by atoms with Gasteiger partial charge in [-0.15, -0.1) is 0 Å². The number of hydrogen-bond acceptors (Lipinski definition) is 5. The topological polar surface area (TPSA) is 103 Å². The first-order valence-electron chi connectivity index (χ1n) is 6.24. The number of aromatic nitrogens is 2. The highest BCUT2D eigenvalue weighted by Gasteiger charge is 2.09. The summed E-state index contributed by atoms with van der Waals surface area (Å²) < 4.78 is 6.62. The third-order valence-electron chi connectivity index (χ3n) is 2.95. The van der Waals surface area contributed by atoms with Crippen molar-refractivity contribution in [3.8, 4) is 5.75 Å². The molecule has 0 aliphatic heterocycles. The first-order valence-corrected chi connectivity index (χ1v) is 6.24. The molecule has 21 heavy (non-hydrogen) atoms. The molecule has 0 bridgehead atoms. The minimum atomic E-state index is -0.352. The van der Waals surface area contributed by atoms with Crippen LogP contribution in [0.25, 0.3) is 0 Å². The average molecular weight is 288 g/mol. The van der Waals surface area contributed by atoms with E-state index < -0.39 is 0 Å². The fourth-order valence-corrected chi connectivity index (χ4v) is 1.99. The Morgan fingerprint density at radius 3 is 2.95 bits per heavy atom. The van der Waals surface area contributed by atoms with E-state index in [4.69, 9.17) is 15.7 Å². The van der Waals surface area contributed by atoms with Crippen LogP contribution < -0.4 is 16.0 Å². The molecule has 2 aromatic rings. The van der Waals surface area contributed by atoms with E-state index in [1.165, 1.54) is 10.6 Å². The summed E-state index contributed by atoms with van der Waals surface area (Å²) in [6.45, 7) is 2.12. The molecule has 7 nitrogen and oxygen atoms in total. The van der Waals surface area contributed by atoms with Gasteiger partial charge in [0.1, 0.15) is 5.75 Å². The molecule has 0 atom stereocenters. The minimum absolute atomic E-state index is 0.139. The lowest BCUT2D eigenvalue weighted by Crippen LogP contribution is -2.30. The van der Waals surface area contributed by atoms with E-state index in [0.29, 0.717) is 11.4 Å². The molecule has 2 aromatic heterocycles. The summed E-state index contributed by atoms with van der Waals surface area (Å²) in [4.78, 5) is 16.6. The number of oxime groups is 1. The van der Waals surface area contributed by atoms with Gasteiger partial charge >= 0.3 is 0 Å². The van der Waals surface area contributed by atoms with Gasteiger partial charge in [0, 0.05) is 24.0 Å². The highest BCUT2D eigenvalue weighted by molar-refractivity contribution is 5.96. The van der Waals surface area contributed by atoms with E-state index in [-0.39, 0.29) is 23.5 Å². The SMILES string of the molecule is COc1cc(C)nc(Cn2cccc(/C(N)=N/O)c2=O)c1. The maximum Gasteiger partial charge on any atom is 0.262 e. The van der Waals surface area contributed by atoms with E-state index in [1.54, 1.807) is 31.5 Å². The minimum Gasteiger partial charge on any atom is -0.497 e. The lowest BCUT2D eigenvalue weighted by molar-refractivity contribution is 0.318. The molecule has 0 saturated heterocycles. The normalized spacial score (nSPS) is 11.4. The summed E-state index contributed by atoms with van der Waals surface area (Å²) in [5.74, 6) is 0.460. The number of rotatable bonds is 4. The Labute approximate surface area is 121 Å². The van der Waals surface area contributed by atoms with Crippen molar-refractivity contribution >= 4 is 5.84 Å². The summed E-state index contributed by atoms with van der Waals surface area (Å²) in [6, 6.07) is 6.72. The zero-order valence-electron chi connectivity index (χ0n) is 11.8. The molecule has 0 fully saturated rings. The number of amidine groups is 1. The highest BCUT2D eigenvalue weighted by Crippen LogP contribution is 2.13. The smallest absolute Gasteiger partial charge is 0.262 e. The monoisotopic (exact) mass is 288 g/mol. The molecular weight excluding hydrogens is 272 g/mol. The summed E-state index contributed by atoms with van der Waals surface area (Å²) in [7, 11) is 1.57. The molecular formula is C14H16N4O3. The van der Waals surface area contributed by atoms with Gasteiger partial charge in [0.15, 0.2) is 5.84 Å². The number of nitrogens with two attached hydrogens (primary N) is 1. The zero-order valence-corrected chi connectivity index (χ0v) is 11.8. The summed E-state index contributed by atoms with van der Waals surface area (Å²) in [6.07, 6.45) is 1.62. The number of nitrogens with zero attached hydrogens (tertiary/aromatic N) is 3. The molecule has 2 rings (SSSR count). The first-order chi connectivity index (χ1) is 10.0. The Hall–Kier alpha value is -2.83. The second-order valence-electron chi connectivity index (χ2n) is 4.48. The summed E-state index contributed by atoms with van der Waals surface area (Å²) in [5.41, 5.74) is 6.75. The van der Waals surface area contributed by atoms with Crippen LogP contribution in [0.1, 0.15) is 17.0 Å². The standard InChI is InChI=1S/C14H16N4O3/c1-9-6-11(21-2)7-10(16-9)8-18-5-3-4-12(14(18)19)13(15)17-20/h3-7,20H,8H2,1-2H3,(H2,15,17). The number of methoxy groups -OCH3 is 1. The average Bonchev–Trinajstić information content (AvgIpc) is 2.48. The van der Waals surface area contributed by atoms with Crippen LogP contribution >= 0.6 is 0 Å². The van der Waals surface area contributed by atoms with Crippen LogP contribution in [0.2, 0.25) is 0 Å². The van der Waals surface area contributed by atoms with Crippen molar-refractivity contribution in [1.29, 1.82) is 0 Å². The lowest BCUT2D eigenvalue weighted by Gasteiger charge is -2.09. The molecule has 7 heteroatoms. The lowest BCUT2D eigenvalue weighted by atomic mass is 10.2. The summed E-state index contributed by atoms with van der Waals surface area (Å²) in [5, 5.41) is 11.5. The van der Waals surface area contributed by atoms with Gasteiger partial charge in [-0.2, -0.15) is 0 Å². The molecule has 3 N–H and O–H groups in total. The van der Waals surface area contributed by atoms with Crippen LogP contribution in [0.5, 0.6) is 5.75 Å². The predicted molar refractivity (Wildman–Crippen MR) is 77.8 cm³/mol. The molecule has 0 aliphatic carbocycles. The van der Waals surface area contributed by atoms with Crippen LogP contribution in [0, 0.1) is 6.92 Å². The van der Waals surface area contributed by atoms with Crippen molar-refractivity contribution in [1.82, 2.24) is 9.55 Å². The molecule has 0 amide bonds. The fraction of sp³-hybridized carbons (Fsp3) is 0.214. The zero-order chi connectivity index (χ0) is 15.4. The number of pyridine rings is 2. The van der Waals surface area contributed by atoms with Crippen molar-refractivity contribution in [3.63, 3.8) is 0 Å². The van der Waals surface area contributed by atoms with Gasteiger partial charge in [-0.05, 0) is 19.1 Å². The van der Waals surface area contributed by atoms with Gasteiger partial charge in [0.2, 0.25) is 0 Å². The Balaban J connectivity index is 2.41. The Bertz CT molecular complexity index is 737. The van der Waals surface area contributed by atoms with Crippen LogP contribution in [0.3, 0.4) is 0 Å². The van der Waals surface area contributed by atoms with Gasteiger partial charge in [-0.25, -0.2) is 0 Å². The molecule has 0 radical (unpaired) electrons. The van der Waals surface area contributed by atoms with Gasteiger partial charge in [-0.1, -0.05) is 5.16 Å². The molecule has 0 aromatic carbocycles. The largest absolute Gasteiger partial charge is 0.497 e. The van der Waals surface area contributed by atoms with Crippen molar-refractivity contribution in [2.24, 2.45) is 10.9 Å². The fourth-order valence-electron chi connectivity index (χ4n) is 1.99. The van der Waals surface area contributed by atoms with Gasteiger partial charge in [0.05, 0.1) is 24.9 Å². The van der Waals surface area contributed by atoms with Crippen molar-refractivity contribution in [2.75, 3.05) is 7.11 Å². The third kappa shape index (κ3) is 3.19. The highest BCUT2D eigenvalue weighted by atomic mass is 16.5. The molecule has 110 valence electrons. The van der Waals surface area contributed by atoms with E-state index in [1.807, 2.05) is 6.92 Å². The molecule has 0 aliphatic rings. The van der Waals surface area contributed by atoms with Crippen molar-refractivity contribution < 1.29 is 9.94 Å². The quantitative estimate of drug-likeness (QED) is 0.373. The molecule has 2 heterocycles. The molecule has 0 unspecified atom stereocenters. The van der Waals surface area contributed by atoms with E-state index in [2.05, 4.69) is 10.1 Å². The molecule has 0 spiro atoms. The van der Waals surface area contributed by atoms with E-state index in [9.17, 15) is 4.79 Å². The van der Waals surface area contributed by atoms with Crippen LogP contribution in [0.15, 0.2) is 40.4 Å². The van der Waals surface area contributed by atoms with E-state index >= 15 is 0 Å². The van der Waals surface area contributed by atoms with Crippen LogP contribution in [-0.4, -0.2) is 27.7 Å². The Morgan fingerprint density at radius 2 is 2.29 bits per heavy atom. The van der Waals surface area contributed by atoms with Crippen LogP contribution in [-0.2, 0) is 6.54 Å². The van der Waals surface area contributed by atoms with Crippen molar-refractivity contribution in [2.45, 2.75) is 13.5 Å². The number of hydrogen-bond donors (Lipinski definition) is 2. The first kappa shape index (κ1) is 14.6. The van der Waals surface area contributed by atoms with Crippen molar-refractivity contribution in [3.05, 3.63) is 57.8 Å². The number of ether oxygens (including phenoxy) is 1. The van der Waals surface area contributed by atoms with Gasteiger partial charge < -0.3 is 20.2 Å². The Morgan fingerprint density at radius 1 is 1.52 bits per heavy atom. The maximum absolute atomic E-state index is 12.2. The summed E-state index contributed by atoms with van der Waals surface area (Å²) >= 11 is 0. The third-order valence-corrected chi connectivity index (χ3v) is 2.95. The van der Waals surface area contributed by atoms with Crippen LogP contribution in [0.4, 0.5) is 0 Å². The van der Waals surface area contributed by atoms with Gasteiger partial charge in [0.25, 0.3) is 5.56 Å². The molecule has 0 saturated carbocycles. The maximum atomic E-state index is 12.2.